The summed E-state index contributed by atoms with van der Waals surface area (Å²) in [5.74, 6) is 0.933. The molecule has 0 amide bonds. The van der Waals surface area contributed by atoms with Crippen LogP contribution in [-0.2, 0) is 18.3 Å². The third-order valence-corrected chi connectivity index (χ3v) is 3.17. The quantitative estimate of drug-likeness (QED) is 0.586. The first-order valence-electron chi connectivity index (χ1n) is 4.55. The van der Waals surface area contributed by atoms with Gasteiger partial charge in [0, 0.05) is 32.0 Å². The molecule has 1 heterocycles. The Morgan fingerprint density at radius 2 is 2.29 bits per heavy atom. The van der Waals surface area contributed by atoms with Crippen molar-refractivity contribution in [2.24, 2.45) is 12.8 Å². The fraction of sp³-hybridized carbons (Fsp3) is 0.667. The van der Waals surface area contributed by atoms with Gasteiger partial charge in [0.15, 0.2) is 0 Å². The van der Waals surface area contributed by atoms with E-state index in [1.165, 1.54) is 0 Å². The van der Waals surface area contributed by atoms with Crippen LogP contribution >= 0.6 is 11.8 Å². The molecule has 0 aliphatic carbocycles. The Bertz CT molecular complexity index is 298. The van der Waals surface area contributed by atoms with Gasteiger partial charge in [0.05, 0.1) is 17.3 Å². The van der Waals surface area contributed by atoms with Gasteiger partial charge < -0.3 is 10.5 Å². The first-order valence-corrected chi connectivity index (χ1v) is 5.53. The molecule has 0 saturated carbocycles. The molecule has 2 N–H and O–H groups in total. The van der Waals surface area contributed by atoms with E-state index in [2.05, 4.69) is 5.10 Å². The zero-order valence-electron chi connectivity index (χ0n) is 8.91. The number of aryl methyl sites for hydroxylation is 2. The summed E-state index contributed by atoms with van der Waals surface area (Å²) in [7, 11) is 3.65. The Balaban J connectivity index is 2.73. The van der Waals surface area contributed by atoms with Crippen LogP contribution in [0.5, 0.6) is 0 Å². The highest BCUT2D eigenvalue weighted by molar-refractivity contribution is 7.99. The van der Waals surface area contributed by atoms with E-state index >= 15 is 0 Å². The van der Waals surface area contributed by atoms with E-state index in [1.807, 2.05) is 18.7 Å². The molecule has 0 bridgehead atoms. The Hall–Kier alpha value is -0.520. The number of nitrogens with zero attached hydrogens (tertiary/aromatic N) is 2. The predicted molar refractivity (Wildman–Crippen MR) is 58.4 cm³/mol. The number of thioether (sulfide) groups is 1. The van der Waals surface area contributed by atoms with E-state index in [1.54, 1.807) is 18.9 Å². The molecule has 1 aromatic rings. The highest BCUT2D eigenvalue weighted by atomic mass is 32.2. The van der Waals surface area contributed by atoms with Gasteiger partial charge in [-0.05, 0) is 6.92 Å². The molecule has 0 spiro atoms. The molecule has 0 aliphatic rings. The molecule has 0 aliphatic heterocycles. The summed E-state index contributed by atoms with van der Waals surface area (Å²) in [6, 6.07) is 0. The minimum atomic E-state index is 0.551. The number of aromatic nitrogens is 2. The van der Waals surface area contributed by atoms with Crippen molar-refractivity contribution in [1.82, 2.24) is 9.78 Å². The summed E-state index contributed by atoms with van der Waals surface area (Å²) in [4.78, 5) is 0. The predicted octanol–water partition coefficient (Wildman–Crippen LogP) is 0.926. The lowest BCUT2D eigenvalue weighted by molar-refractivity contribution is 0.218. The smallest absolute Gasteiger partial charge is 0.0985 e. The molecule has 1 aromatic heterocycles. The SMILES string of the molecule is COCCSc1c(CN)c(C)nn1C. The van der Waals surface area contributed by atoms with Crippen LogP contribution in [-0.4, -0.2) is 29.3 Å². The molecule has 0 unspecified atom stereocenters. The fourth-order valence-electron chi connectivity index (χ4n) is 1.32. The van der Waals surface area contributed by atoms with Gasteiger partial charge in [-0.25, -0.2) is 0 Å². The van der Waals surface area contributed by atoms with Crippen LogP contribution in [0.3, 0.4) is 0 Å². The van der Waals surface area contributed by atoms with E-state index in [0.29, 0.717) is 6.54 Å². The van der Waals surface area contributed by atoms with E-state index in [4.69, 9.17) is 10.5 Å². The van der Waals surface area contributed by atoms with Crippen LogP contribution in [0.4, 0.5) is 0 Å². The van der Waals surface area contributed by atoms with Crippen molar-refractivity contribution in [2.45, 2.75) is 18.5 Å². The van der Waals surface area contributed by atoms with E-state index in [-0.39, 0.29) is 0 Å². The normalized spacial score (nSPS) is 10.9. The summed E-state index contributed by atoms with van der Waals surface area (Å²) in [6.45, 7) is 3.29. The van der Waals surface area contributed by atoms with Gasteiger partial charge in [-0.2, -0.15) is 5.10 Å². The number of ether oxygens (including phenoxy) is 1. The molecule has 0 aromatic carbocycles. The first-order chi connectivity index (χ1) is 6.70. The molecule has 80 valence electrons. The van der Waals surface area contributed by atoms with Gasteiger partial charge in [-0.1, -0.05) is 0 Å². The number of nitrogens with two attached hydrogens (primary N) is 1. The molecule has 0 atom stereocenters. The summed E-state index contributed by atoms with van der Waals surface area (Å²) < 4.78 is 6.89. The second-order valence-electron chi connectivity index (χ2n) is 3.04. The van der Waals surface area contributed by atoms with Crippen molar-refractivity contribution in [2.75, 3.05) is 19.5 Å². The van der Waals surface area contributed by atoms with E-state index in [0.717, 1.165) is 28.6 Å². The fourth-order valence-corrected chi connectivity index (χ4v) is 2.39. The van der Waals surface area contributed by atoms with E-state index in [9.17, 15) is 0 Å². The third kappa shape index (κ3) is 2.50. The summed E-state index contributed by atoms with van der Waals surface area (Å²) in [5, 5.41) is 5.49. The highest BCUT2D eigenvalue weighted by Gasteiger charge is 2.11. The Kier molecular flexibility index (Phi) is 4.44. The van der Waals surface area contributed by atoms with Crippen molar-refractivity contribution in [3.63, 3.8) is 0 Å². The molecule has 4 nitrogen and oxygen atoms in total. The summed E-state index contributed by atoms with van der Waals surface area (Å²) in [5.41, 5.74) is 7.84. The van der Waals surface area contributed by atoms with Gasteiger partial charge in [0.1, 0.15) is 0 Å². The second-order valence-corrected chi connectivity index (χ2v) is 4.12. The van der Waals surface area contributed by atoms with Crippen LogP contribution in [0.1, 0.15) is 11.3 Å². The number of hydrogen-bond donors (Lipinski definition) is 1. The van der Waals surface area contributed by atoms with Gasteiger partial charge in [0.2, 0.25) is 0 Å². The summed E-state index contributed by atoms with van der Waals surface area (Å²) >= 11 is 1.74. The minimum Gasteiger partial charge on any atom is -0.384 e. The third-order valence-electron chi connectivity index (χ3n) is 2.02. The monoisotopic (exact) mass is 215 g/mol. The largest absolute Gasteiger partial charge is 0.384 e. The van der Waals surface area contributed by atoms with Gasteiger partial charge in [0.25, 0.3) is 0 Å². The lowest BCUT2D eigenvalue weighted by Gasteiger charge is -2.03. The summed E-state index contributed by atoms with van der Waals surface area (Å²) in [6.07, 6.45) is 0. The van der Waals surface area contributed by atoms with Gasteiger partial charge in [-0.3, -0.25) is 4.68 Å². The lowest BCUT2D eigenvalue weighted by atomic mass is 10.3. The van der Waals surface area contributed by atoms with Crippen molar-refractivity contribution >= 4 is 11.8 Å². The number of rotatable bonds is 5. The van der Waals surface area contributed by atoms with Crippen LogP contribution in [0.2, 0.25) is 0 Å². The average molecular weight is 215 g/mol. The van der Waals surface area contributed by atoms with Crippen LogP contribution < -0.4 is 5.73 Å². The number of methoxy groups -OCH3 is 1. The Morgan fingerprint density at radius 1 is 1.57 bits per heavy atom. The van der Waals surface area contributed by atoms with Crippen molar-refractivity contribution in [3.8, 4) is 0 Å². The molecule has 0 fully saturated rings. The number of hydrogen-bond acceptors (Lipinski definition) is 4. The van der Waals surface area contributed by atoms with Crippen LogP contribution in [0, 0.1) is 6.92 Å². The Labute approximate surface area is 88.8 Å². The zero-order valence-corrected chi connectivity index (χ0v) is 9.73. The molecule has 0 radical (unpaired) electrons. The van der Waals surface area contributed by atoms with Gasteiger partial charge >= 0.3 is 0 Å². The average Bonchev–Trinajstić information content (AvgIpc) is 2.42. The van der Waals surface area contributed by atoms with Crippen molar-refractivity contribution in [1.29, 1.82) is 0 Å². The first kappa shape index (κ1) is 11.6. The minimum absolute atomic E-state index is 0.551. The molecule has 0 saturated heterocycles. The second kappa shape index (κ2) is 5.38. The molecular formula is C9H17N3OS. The van der Waals surface area contributed by atoms with Gasteiger partial charge in [-0.15, -0.1) is 11.8 Å². The topological polar surface area (TPSA) is 53.1 Å². The maximum atomic E-state index is 5.67. The molecule has 5 heteroatoms. The highest BCUT2D eigenvalue weighted by Crippen LogP contribution is 2.23. The van der Waals surface area contributed by atoms with Crippen molar-refractivity contribution in [3.05, 3.63) is 11.3 Å². The maximum Gasteiger partial charge on any atom is 0.0985 e. The van der Waals surface area contributed by atoms with Crippen molar-refractivity contribution < 1.29 is 4.74 Å². The molecular weight excluding hydrogens is 198 g/mol. The molecule has 1 rings (SSSR count). The molecule has 14 heavy (non-hydrogen) atoms. The van der Waals surface area contributed by atoms with Crippen LogP contribution in [0.15, 0.2) is 5.03 Å². The van der Waals surface area contributed by atoms with E-state index < -0.39 is 0 Å². The Morgan fingerprint density at radius 3 is 2.86 bits per heavy atom. The zero-order chi connectivity index (χ0) is 10.6. The lowest BCUT2D eigenvalue weighted by Crippen LogP contribution is -2.01. The van der Waals surface area contributed by atoms with Crippen LogP contribution in [0.25, 0.3) is 0 Å². The maximum absolute atomic E-state index is 5.67. The standard InChI is InChI=1S/C9H17N3OS/c1-7-8(6-10)9(12(2)11-7)14-5-4-13-3/h4-6,10H2,1-3H3.